The predicted molar refractivity (Wildman–Crippen MR) is 130 cm³/mol. The lowest BCUT2D eigenvalue weighted by molar-refractivity contribution is -0.131. The van der Waals surface area contributed by atoms with Crippen LogP contribution in [0.3, 0.4) is 0 Å². The smallest absolute Gasteiger partial charge is 0.328 e. The number of piperazine rings is 1. The van der Waals surface area contributed by atoms with E-state index in [9.17, 15) is 9.59 Å². The van der Waals surface area contributed by atoms with Crippen molar-refractivity contribution in [1.82, 2.24) is 9.80 Å². The number of ketones is 1. The summed E-state index contributed by atoms with van der Waals surface area (Å²) in [5.74, 6) is -0.987. The Bertz CT molecular complexity index is 919. The van der Waals surface area contributed by atoms with Gasteiger partial charge in [0.25, 0.3) is 0 Å². The molecule has 31 heavy (non-hydrogen) atoms. The Morgan fingerprint density at radius 3 is 2.00 bits per heavy atom. The summed E-state index contributed by atoms with van der Waals surface area (Å²) >= 11 is 0. The van der Waals surface area contributed by atoms with E-state index in [0.717, 1.165) is 61.1 Å². The van der Waals surface area contributed by atoms with Gasteiger partial charge in [0.05, 0.1) is 0 Å². The second kappa shape index (κ2) is 13.1. The van der Waals surface area contributed by atoms with Gasteiger partial charge in [-0.15, -0.1) is 24.8 Å². The van der Waals surface area contributed by atoms with E-state index in [4.69, 9.17) is 5.11 Å². The maximum atomic E-state index is 12.8. The summed E-state index contributed by atoms with van der Waals surface area (Å²) in [4.78, 5) is 28.1. The molecular weight excluding hydrogens is 435 g/mol. The molecule has 3 rings (SSSR count). The number of likely N-dealkylation sites (N-methyl/N-ethyl adjacent to an activating group) is 1. The van der Waals surface area contributed by atoms with Crippen LogP contribution >= 0.6 is 24.8 Å². The molecule has 1 aliphatic heterocycles. The highest BCUT2D eigenvalue weighted by Gasteiger charge is 2.16. The van der Waals surface area contributed by atoms with Gasteiger partial charge in [0.2, 0.25) is 0 Å². The summed E-state index contributed by atoms with van der Waals surface area (Å²) in [6, 6.07) is 15.2. The Labute approximate surface area is 195 Å². The number of carbonyl (C=O) groups is 2. The van der Waals surface area contributed by atoms with E-state index in [0.29, 0.717) is 0 Å². The van der Waals surface area contributed by atoms with E-state index in [1.165, 1.54) is 6.08 Å². The SMILES string of the molecule is CN1CCN(Cc2ccccc2C(=O)/C=C/c2ccc(/C=C/C(=O)O)cc2)CC1.Cl.Cl. The van der Waals surface area contributed by atoms with Gasteiger partial charge in [0.15, 0.2) is 5.78 Å². The van der Waals surface area contributed by atoms with Crippen molar-refractivity contribution in [1.29, 1.82) is 0 Å². The van der Waals surface area contributed by atoms with Gasteiger partial charge in [0.1, 0.15) is 0 Å². The molecule has 0 bridgehead atoms. The van der Waals surface area contributed by atoms with Crippen LogP contribution in [0.2, 0.25) is 0 Å². The second-order valence-electron chi connectivity index (χ2n) is 7.27. The first-order valence-corrected chi connectivity index (χ1v) is 9.73. The number of rotatable bonds is 7. The third-order valence-electron chi connectivity index (χ3n) is 5.05. The third-order valence-corrected chi connectivity index (χ3v) is 5.05. The molecule has 2 aromatic rings. The zero-order chi connectivity index (χ0) is 20.6. The lowest BCUT2D eigenvalue weighted by Crippen LogP contribution is -2.44. The first kappa shape index (κ1) is 26.6. The summed E-state index contributed by atoms with van der Waals surface area (Å²) in [5.41, 5.74) is 3.49. The van der Waals surface area contributed by atoms with Crippen LogP contribution < -0.4 is 0 Å². The first-order chi connectivity index (χ1) is 14.0. The van der Waals surface area contributed by atoms with Crippen LogP contribution in [0.4, 0.5) is 0 Å². The Hall–Kier alpha value is -2.44. The van der Waals surface area contributed by atoms with Crippen LogP contribution in [0, 0.1) is 0 Å². The molecule has 0 spiro atoms. The number of carboxylic acid groups (broad SMARTS) is 1. The quantitative estimate of drug-likeness (QED) is 0.491. The number of nitrogens with zero attached hydrogens (tertiary/aromatic N) is 2. The second-order valence-corrected chi connectivity index (χ2v) is 7.27. The Morgan fingerprint density at radius 2 is 1.42 bits per heavy atom. The van der Waals surface area contributed by atoms with Crippen molar-refractivity contribution in [2.75, 3.05) is 33.2 Å². The van der Waals surface area contributed by atoms with Gasteiger partial charge in [0, 0.05) is 44.4 Å². The van der Waals surface area contributed by atoms with Crippen LogP contribution in [0.5, 0.6) is 0 Å². The average molecular weight is 463 g/mol. The predicted octanol–water partition coefficient (Wildman–Crippen LogP) is 4.27. The number of carbonyl (C=O) groups excluding carboxylic acids is 1. The average Bonchev–Trinajstić information content (AvgIpc) is 2.73. The van der Waals surface area contributed by atoms with E-state index >= 15 is 0 Å². The lowest BCUT2D eigenvalue weighted by atomic mass is 10.0. The maximum absolute atomic E-state index is 12.8. The monoisotopic (exact) mass is 462 g/mol. The van der Waals surface area contributed by atoms with Gasteiger partial charge in [-0.3, -0.25) is 9.69 Å². The Kier molecular flexibility index (Phi) is 11.2. The zero-order valence-corrected chi connectivity index (χ0v) is 19.1. The molecular formula is C24H28Cl2N2O3. The molecule has 1 aliphatic rings. The summed E-state index contributed by atoms with van der Waals surface area (Å²) in [6.07, 6.45) is 6.03. The standard InChI is InChI=1S/C24H26N2O3.2ClH/c1-25-14-16-26(17-15-25)18-21-4-2-3-5-22(21)23(27)12-10-19-6-8-20(9-7-19)11-13-24(28)29;;/h2-13H,14-18H2,1H3,(H,28,29);2*1H/b12-10+,13-11+;;. The van der Waals surface area contributed by atoms with Gasteiger partial charge in [-0.2, -0.15) is 0 Å². The molecule has 166 valence electrons. The largest absolute Gasteiger partial charge is 0.478 e. The topological polar surface area (TPSA) is 60.9 Å². The van der Waals surface area contributed by atoms with Gasteiger partial charge in [-0.1, -0.05) is 54.6 Å². The molecule has 0 aromatic heterocycles. The summed E-state index contributed by atoms with van der Waals surface area (Å²) < 4.78 is 0. The molecule has 2 aromatic carbocycles. The molecule has 1 heterocycles. The van der Waals surface area contributed by atoms with Crippen molar-refractivity contribution in [3.8, 4) is 0 Å². The minimum atomic E-state index is -0.977. The number of halogens is 2. The first-order valence-electron chi connectivity index (χ1n) is 9.73. The molecule has 0 amide bonds. The molecule has 1 saturated heterocycles. The molecule has 0 unspecified atom stereocenters. The molecule has 7 heteroatoms. The van der Waals surface area contributed by atoms with Gasteiger partial charge >= 0.3 is 5.97 Å². The van der Waals surface area contributed by atoms with E-state index in [2.05, 4.69) is 16.8 Å². The molecule has 5 nitrogen and oxygen atoms in total. The summed E-state index contributed by atoms with van der Waals surface area (Å²) in [7, 11) is 2.13. The van der Waals surface area contributed by atoms with Crippen molar-refractivity contribution in [2.24, 2.45) is 0 Å². The third kappa shape index (κ3) is 8.31. The molecule has 1 fully saturated rings. The Morgan fingerprint density at radius 1 is 0.871 bits per heavy atom. The lowest BCUT2D eigenvalue weighted by Gasteiger charge is -2.32. The fourth-order valence-corrected chi connectivity index (χ4v) is 3.29. The molecule has 0 atom stereocenters. The van der Waals surface area contributed by atoms with Gasteiger partial charge in [-0.05, 0) is 35.9 Å². The fraction of sp³-hybridized carbons (Fsp3) is 0.250. The number of aliphatic carboxylic acids is 1. The van der Waals surface area contributed by atoms with Crippen LogP contribution in [0.25, 0.3) is 12.2 Å². The molecule has 0 saturated carbocycles. The van der Waals surface area contributed by atoms with Crippen LogP contribution in [-0.4, -0.2) is 59.9 Å². The van der Waals surface area contributed by atoms with E-state index in [-0.39, 0.29) is 30.6 Å². The van der Waals surface area contributed by atoms with Gasteiger partial charge in [-0.25, -0.2) is 4.79 Å². The van der Waals surface area contributed by atoms with Gasteiger partial charge < -0.3 is 10.0 Å². The van der Waals surface area contributed by atoms with Crippen molar-refractivity contribution in [3.63, 3.8) is 0 Å². The fourth-order valence-electron chi connectivity index (χ4n) is 3.29. The summed E-state index contributed by atoms with van der Waals surface area (Å²) in [6.45, 7) is 4.91. The van der Waals surface area contributed by atoms with Crippen LogP contribution in [-0.2, 0) is 11.3 Å². The number of benzene rings is 2. The maximum Gasteiger partial charge on any atom is 0.328 e. The highest BCUT2D eigenvalue weighted by molar-refractivity contribution is 6.07. The number of hydrogen-bond acceptors (Lipinski definition) is 4. The molecule has 0 aliphatic carbocycles. The van der Waals surface area contributed by atoms with E-state index < -0.39 is 5.97 Å². The highest BCUT2D eigenvalue weighted by atomic mass is 35.5. The van der Waals surface area contributed by atoms with Crippen molar-refractivity contribution >= 4 is 48.7 Å². The van der Waals surface area contributed by atoms with E-state index in [1.54, 1.807) is 12.2 Å². The van der Waals surface area contributed by atoms with Crippen molar-refractivity contribution in [2.45, 2.75) is 6.54 Å². The number of allylic oxidation sites excluding steroid dienone is 1. The zero-order valence-electron chi connectivity index (χ0n) is 17.4. The Balaban J connectivity index is 0.00000240. The number of carboxylic acids is 1. The minimum absolute atomic E-state index is 0. The summed E-state index contributed by atoms with van der Waals surface area (Å²) in [5, 5.41) is 8.68. The molecule has 0 radical (unpaired) electrons. The van der Waals surface area contributed by atoms with Crippen LogP contribution in [0.1, 0.15) is 27.0 Å². The van der Waals surface area contributed by atoms with E-state index in [1.807, 2.05) is 48.5 Å². The number of hydrogen-bond donors (Lipinski definition) is 1. The highest BCUT2D eigenvalue weighted by Crippen LogP contribution is 2.16. The van der Waals surface area contributed by atoms with Crippen molar-refractivity contribution < 1.29 is 14.7 Å². The minimum Gasteiger partial charge on any atom is -0.478 e. The van der Waals surface area contributed by atoms with Crippen LogP contribution in [0.15, 0.2) is 60.7 Å². The van der Waals surface area contributed by atoms with Crippen molar-refractivity contribution in [3.05, 3.63) is 82.9 Å². The molecule has 1 N–H and O–H groups in total. The normalized spacial score (nSPS) is 14.9.